The maximum atomic E-state index is 11.2. The van der Waals surface area contributed by atoms with Crippen molar-refractivity contribution in [3.63, 3.8) is 0 Å². The Morgan fingerprint density at radius 2 is 1.74 bits per heavy atom. The fourth-order valence-electron chi connectivity index (χ4n) is 1.78. The minimum atomic E-state index is -0.930. The summed E-state index contributed by atoms with van der Waals surface area (Å²) in [5.74, 6) is 0. The van der Waals surface area contributed by atoms with E-state index in [1.165, 1.54) is 0 Å². The van der Waals surface area contributed by atoms with Gasteiger partial charge in [-0.1, -0.05) is 56.1 Å². The fraction of sp³-hybridized carbons (Fsp3) is 0.154. The average Bonchev–Trinajstić information content (AvgIpc) is 2.46. The molecule has 3 atom stereocenters. The van der Waals surface area contributed by atoms with Crippen LogP contribution in [0.4, 0.5) is 5.69 Å². The molecule has 100 valence electrons. The summed E-state index contributed by atoms with van der Waals surface area (Å²) in [5.41, 5.74) is 1.87. The van der Waals surface area contributed by atoms with E-state index in [1.807, 2.05) is 24.3 Å². The summed E-state index contributed by atoms with van der Waals surface area (Å²) in [6.07, 6.45) is 1.71. The maximum absolute atomic E-state index is 11.2. The monoisotopic (exact) mass is 386 g/mol. The number of aromatic nitrogens is 1. The Bertz CT molecular complexity index is 537. The highest BCUT2D eigenvalue weighted by atomic mass is 79.9. The predicted molar refractivity (Wildman–Crippen MR) is 79.8 cm³/mol. The fourth-order valence-corrected chi connectivity index (χ4v) is 3.00. The largest absolute Gasteiger partial charge is 0.595 e. The molecule has 0 fully saturated rings. The van der Waals surface area contributed by atoms with Crippen molar-refractivity contribution in [3.05, 3.63) is 65.1 Å². The van der Waals surface area contributed by atoms with Gasteiger partial charge >= 0.3 is 0 Å². The maximum Gasteiger partial charge on any atom is 0.168 e. The molecule has 0 amide bonds. The SMILES string of the molecule is [O-][NH+](O)c1ccccc1[C@H](Br)[C@@H](Br)c1ccccn1. The van der Waals surface area contributed by atoms with Crippen LogP contribution in [0.15, 0.2) is 48.7 Å². The lowest BCUT2D eigenvalue weighted by atomic mass is 10.1. The highest BCUT2D eigenvalue weighted by Crippen LogP contribution is 2.43. The molecule has 0 saturated carbocycles. The van der Waals surface area contributed by atoms with Gasteiger partial charge in [-0.3, -0.25) is 4.98 Å². The van der Waals surface area contributed by atoms with Crippen LogP contribution in [0.1, 0.15) is 20.9 Å². The predicted octanol–water partition coefficient (Wildman–Crippen LogP) is 3.06. The lowest BCUT2D eigenvalue weighted by Gasteiger charge is -2.21. The van der Waals surface area contributed by atoms with E-state index in [0.717, 1.165) is 11.3 Å². The minimum absolute atomic E-state index is 0.103. The van der Waals surface area contributed by atoms with Crippen molar-refractivity contribution in [1.82, 2.24) is 4.98 Å². The summed E-state index contributed by atoms with van der Waals surface area (Å²) in [7, 11) is 0. The Kier molecular flexibility index (Phi) is 5.06. The lowest BCUT2D eigenvalue weighted by Crippen LogP contribution is -2.99. The third-order valence-electron chi connectivity index (χ3n) is 2.72. The standard InChI is InChI=1S/C13H12Br2N2O2/c14-12(13(15)10-6-3-4-8-16-10)9-5-1-2-7-11(9)17(18)19/h1-8,12-13,17-18H/t12-,13-/m0/s1. The van der Waals surface area contributed by atoms with E-state index in [-0.39, 0.29) is 9.65 Å². The van der Waals surface area contributed by atoms with Crippen LogP contribution in [0.2, 0.25) is 0 Å². The van der Waals surface area contributed by atoms with Crippen LogP contribution < -0.4 is 5.23 Å². The molecule has 1 aromatic heterocycles. The molecule has 1 unspecified atom stereocenters. The lowest BCUT2D eigenvalue weighted by molar-refractivity contribution is -0.991. The zero-order chi connectivity index (χ0) is 13.8. The van der Waals surface area contributed by atoms with Crippen LogP contribution >= 0.6 is 31.9 Å². The Hall–Kier alpha value is -0.790. The number of hydrogen-bond acceptors (Lipinski definition) is 3. The van der Waals surface area contributed by atoms with E-state index in [9.17, 15) is 10.4 Å². The Morgan fingerprint density at radius 3 is 2.37 bits per heavy atom. The van der Waals surface area contributed by atoms with Crippen molar-refractivity contribution in [2.24, 2.45) is 0 Å². The third kappa shape index (κ3) is 3.40. The van der Waals surface area contributed by atoms with Gasteiger partial charge in [-0.15, -0.1) is 0 Å². The number of pyridine rings is 1. The number of rotatable bonds is 4. The molecule has 0 radical (unpaired) electrons. The quantitative estimate of drug-likeness (QED) is 0.626. The summed E-state index contributed by atoms with van der Waals surface area (Å²) in [6, 6.07) is 12.6. The van der Waals surface area contributed by atoms with E-state index in [0.29, 0.717) is 5.69 Å². The number of para-hydroxylation sites is 1. The molecule has 0 aliphatic carbocycles. The van der Waals surface area contributed by atoms with Crippen LogP contribution in [-0.2, 0) is 0 Å². The first-order valence-electron chi connectivity index (χ1n) is 5.62. The van der Waals surface area contributed by atoms with Gasteiger partial charge in [0.2, 0.25) is 0 Å². The first kappa shape index (κ1) is 14.6. The molecule has 0 aliphatic rings. The van der Waals surface area contributed by atoms with Crippen LogP contribution in [0.3, 0.4) is 0 Å². The molecular weight excluding hydrogens is 376 g/mol. The molecule has 2 aromatic rings. The van der Waals surface area contributed by atoms with Crippen molar-refractivity contribution in [3.8, 4) is 0 Å². The molecule has 1 heterocycles. The van der Waals surface area contributed by atoms with E-state index < -0.39 is 5.23 Å². The van der Waals surface area contributed by atoms with Crippen molar-refractivity contribution in [2.45, 2.75) is 9.65 Å². The number of nitrogens with zero attached hydrogens (tertiary/aromatic N) is 1. The van der Waals surface area contributed by atoms with Crippen LogP contribution in [0, 0.1) is 5.21 Å². The number of nitrogens with one attached hydrogen (secondary N) is 1. The molecule has 0 saturated heterocycles. The molecule has 0 bridgehead atoms. The molecule has 0 aliphatic heterocycles. The van der Waals surface area contributed by atoms with Crippen molar-refractivity contribution in [2.75, 3.05) is 0 Å². The molecule has 1 aromatic carbocycles. The van der Waals surface area contributed by atoms with Crippen LogP contribution in [0.25, 0.3) is 0 Å². The molecular formula is C13H12Br2N2O2. The molecule has 6 heteroatoms. The zero-order valence-corrected chi connectivity index (χ0v) is 13.0. The number of benzene rings is 1. The van der Waals surface area contributed by atoms with Gasteiger partial charge in [0.1, 0.15) is 0 Å². The van der Waals surface area contributed by atoms with E-state index in [2.05, 4.69) is 36.8 Å². The van der Waals surface area contributed by atoms with Crippen LogP contribution in [-0.4, -0.2) is 10.2 Å². The number of hydrogen-bond donors (Lipinski definition) is 2. The highest BCUT2D eigenvalue weighted by molar-refractivity contribution is 9.12. The topological polar surface area (TPSA) is 60.6 Å². The summed E-state index contributed by atoms with van der Waals surface area (Å²) in [4.78, 5) is 4.00. The van der Waals surface area contributed by atoms with Gasteiger partial charge < -0.3 is 5.21 Å². The Balaban J connectivity index is 2.32. The summed E-state index contributed by atoms with van der Waals surface area (Å²) in [5, 5.41) is 19.5. The van der Waals surface area contributed by atoms with E-state index in [4.69, 9.17) is 0 Å². The van der Waals surface area contributed by atoms with E-state index in [1.54, 1.807) is 24.4 Å². The normalized spacial score (nSPS) is 15.8. The molecule has 2 rings (SSSR count). The van der Waals surface area contributed by atoms with Gasteiger partial charge in [-0.25, -0.2) is 5.21 Å². The second-order valence-corrected chi connectivity index (χ2v) is 5.92. The second-order valence-electron chi connectivity index (χ2n) is 3.95. The smallest absolute Gasteiger partial charge is 0.168 e. The van der Waals surface area contributed by atoms with Gasteiger partial charge in [0.05, 0.1) is 15.3 Å². The van der Waals surface area contributed by atoms with Gasteiger partial charge in [0.15, 0.2) is 5.69 Å². The van der Waals surface area contributed by atoms with Crippen molar-refractivity contribution in [1.29, 1.82) is 0 Å². The molecule has 2 N–H and O–H groups in total. The summed E-state index contributed by atoms with van der Waals surface area (Å²) in [6.45, 7) is 0. The molecule has 19 heavy (non-hydrogen) atoms. The molecule has 4 nitrogen and oxygen atoms in total. The van der Waals surface area contributed by atoms with E-state index >= 15 is 0 Å². The van der Waals surface area contributed by atoms with Crippen molar-refractivity contribution < 1.29 is 10.4 Å². The van der Waals surface area contributed by atoms with Gasteiger partial charge in [0.25, 0.3) is 0 Å². The first-order valence-corrected chi connectivity index (χ1v) is 7.45. The number of alkyl halides is 2. The number of quaternary nitrogens is 1. The highest BCUT2D eigenvalue weighted by Gasteiger charge is 2.25. The Labute approximate surface area is 127 Å². The third-order valence-corrected chi connectivity index (χ3v) is 5.44. The second kappa shape index (κ2) is 6.58. The minimum Gasteiger partial charge on any atom is -0.595 e. The Morgan fingerprint density at radius 1 is 1.05 bits per heavy atom. The van der Waals surface area contributed by atoms with Crippen molar-refractivity contribution >= 4 is 37.5 Å². The van der Waals surface area contributed by atoms with Gasteiger partial charge in [-0.2, -0.15) is 5.23 Å². The van der Waals surface area contributed by atoms with Crippen LogP contribution in [0.5, 0.6) is 0 Å². The summed E-state index contributed by atoms with van der Waals surface area (Å²) >= 11 is 7.13. The molecule has 0 spiro atoms. The number of halogens is 2. The first-order chi connectivity index (χ1) is 9.11. The van der Waals surface area contributed by atoms with Gasteiger partial charge in [0, 0.05) is 17.8 Å². The summed E-state index contributed by atoms with van der Waals surface area (Å²) < 4.78 is 0. The zero-order valence-electron chi connectivity index (χ0n) is 9.83. The van der Waals surface area contributed by atoms with Gasteiger partial charge in [-0.05, 0) is 12.1 Å². The average molecular weight is 388 g/mol.